The zero-order chi connectivity index (χ0) is 18.4. The second-order valence-electron chi connectivity index (χ2n) is 4.84. The molecule has 0 aliphatic heterocycles. The molecule has 0 saturated heterocycles. The summed E-state index contributed by atoms with van der Waals surface area (Å²) < 4.78 is 32.2. The number of allylic oxidation sites excluding steroid dienone is 1. The van der Waals surface area contributed by atoms with Crippen LogP contribution in [0, 0.1) is 11.3 Å². The molecule has 0 aliphatic rings. The molecule has 128 valence electrons. The monoisotopic (exact) mass is 481 g/mol. The van der Waals surface area contributed by atoms with Gasteiger partial charge < -0.3 is 4.74 Å². The SMILES string of the molecule is C=CCOc1ccccc1/C=C(\C#N)S(=O)(=O)c1cc(Br)ccc1Br. The van der Waals surface area contributed by atoms with Gasteiger partial charge in [-0.15, -0.1) is 0 Å². The summed E-state index contributed by atoms with van der Waals surface area (Å²) in [7, 11) is -3.99. The third-order valence-electron chi connectivity index (χ3n) is 3.14. The van der Waals surface area contributed by atoms with Crippen LogP contribution in [0.2, 0.25) is 0 Å². The second-order valence-corrected chi connectivity index (χ2v) is 8.49. The van der Waals surface area contributed by atoms with Gasteiger partial charge in [-0.3, -0.25) is 0 Å². The zero-order valence-electron chi connectivity index (χ0n) is 12.9. The Hall–Kier alpha value is -1.88. The Kier molecular flexibility index (Phi) is 6.59. The Labute approximate surface area is 163 Å². The van der Waals surface area contributed by atoms with E-state index >= 15 is 0 Å². The molecule has 0 bridgehead atoms. The number of rotatable bonds is 6. The maximum atomic E-state index is 12.9. The maximum absolute atomic E-state index is 12.9. The van der Waals surface area contributed by atoms with Gasteiger partial charge in [-0.25, -0.2) is 8.42 Å². The largest absolute Gasteiger partial charge is 0.489 e. The van der Waals surface area contributed by atoms with Crippen LogP contribution in [0.4, 0.5) is 0 Å². The van der Waals surface area contributed by atoms with Gasteiger partial charge in [0.25, 0.3) is 0 Å². The van der Waals surface area contributed by atoms with Crippen LogP contribution in [0.1, 0.15) is 5.56 Å². The highest BCUT2D eigenvalue weighted by molar-refractivity contribution is 9.11. The van der Waals surface area contributed by atoms with Crippen molar-refractivity contribution in [3.63, 3.8) is 0 Å². The van der Waals surface area contributed by atoms with Crippen molar-refractivity contribution < 1.29 is 13.2 Å². The van der Waals surface area contributed by atoms with E-state index in [1.807, 2.05) is 0 Å². The molecule has 2 rings (SSSR count). The molecule has 0 unspecified atom stereocenters. The van der Waals surface area contributed by atoms with Crippen LogP contribution >= 0.6 is 31.9 Å². The first kappa shape index (κ1) is 19.4. The normalized spacial score (nSPS) is 11.6. The Morgan fingerprint density at radius 3 is 2.64 bits per heavy atom. The van der Waals surface area contributed by atoms with Gasteiger partial charge >= 0.3 is 0 Å². The molecule has 0 aromatic heterocycles. The molecular weight excluding hydrogens is 470 g/mol. The Morgan fingerprint density at radius 2 is 1.96 bits per heavy atom. The molecular formula is C18H13Br2NO3S. The van der Waals surface area contributed by atoms with E-state index in [2.05, 4.69) is 38.4 Å². The van der Waals surface area contributed by atoms with E-state index in [4.69, 9.17) is 4.74 Å². The maximum Gasteiger partial charge on any atom is 0.217 e. The lowest BCUT2D eigenvalue weighted by Gasteiger charge is -2.09. The molecule has 0 saturated carbocycles. The standard InChI is InChI=1S/C18H13Br2NO3S/c1-2-9-24-17-6-4-3-5-13(17)10-15(12-21)25(22,23)18-11-14(19)7-8-16(18)20/h2-8,10-11H,1,9H2/b15-10+. The number of ether oxygens (including phenoxy) is 1. The molecule has 4 nitrogen and oxygen atoms in total. The minimum absolute atomic E-state index is 0.0131. The fourth-order valence-electron chi connectivity index (χ4n) is 1.99. The Bertz CT molecular complexity index is 976. The predicted molar refractivity (Wildman–Crippen MR) is 105 cm³/mol. The van der Waals surface area contributed by atoms with Crippen molar-refractivity contribution in [2.24, 2.45) is 0 Å². The summed E-state index contributed by atoms with van der Waals surface area (Å²) in [4.78, 5) is -0.361. The summed E-state index contributed by atoms with van der Waals surface area (Å²) >= 11 is 6.48. The van der Waals surface area contributed by atoms with Gasteiger partial charge in [0.05, 0.1) is 4.90 Å². The molecule has 0 fully saturated rings. The average Bonchev–Trinajstić information content (AvgIpc) is 2.60. The van der Waals surface area contributed by atoms with Crippen LogP contribution in [-0.2, 0) is 9.84 Å². The Balaban J connectivity index is 2.56. The van der Waals surface area contributed by atoms with Gasteiger partial charge in [0.1, 0.15) is 23.3 Å². The number of hydrogen-bond donors (Lipinski definition) is 0. The second kappa shape index (κ2) is 8.48. The number of nitrogens with zero attached hydrogens (tertiary/aromatic N) is 1. The molecule has 25 heavy (non-hydrogen) atoms. The molecule has 2 aromatic rings. The minimum atomic E-state index is -3.99. The number of halogens is 2. The van der Waals surface area contributed by atoms with Crippen molar-refractivity contribution in [2.75, 3.05) is 6.61 Å². The number of sulfone groups is 1. The van der Waals surface area contributed by atoms with Crippen LogP contribution in [-0.4, -0.2) is 15.0 Å². The molecule has 2 aromatic carbocycles. The lowest BCUT2D eigenvalue weighted by molar-refractivity contribution is 0.362. The first-order valence-corrected chi connectivity index (χ1v) is 10.1. The fraction of sp³-hybridized carbons (Fsp3) is 0.0556. The number of para-hydroxylation sites is 1. The summed E-state index contributed by atoms with van der Waals surface area (Å²) in [6.45, 7) is 3.86. The molecule has 0 amide bonds. The highest BCUT2D eigenvalue weighted by Crippen LogP contribution is 2.31. The highest BCUT2D eigenvalue weighted by atomic mass is 79.9. The van der Waals surface area contributed by atoms with Crippen LogP contribution < -0.4 is 4.74 Å². The molecule has 0 atom stereocenters. The van der Waals surface area contributed by atoms with Crippen molar-refractivity contribution in [1.29, 1.82) is 5.26 Å². The summed E-state index contributed by atoms with van der Waals surface area (Å²) in [6, 6.07) is 13.4. The van der Waals surface area contributed by atoms with Gasteiger partial charge in [0, 0.05) is 14.5 Å². The first-order chi connectivity index (χ1) is 11.9. The molecule has 0 aliphatic carbocycles. The molecule has 0 radical (unpaired) electrons. The quantitative estimate of drug-likeness (QED) is 0.423. The van der Waals surface area contributed by atoms with Gasteiger partial charge in [0.2, 0.25) is 9.84 Å². The van der Waals surface area contributed by atoms with E-state index in [0.717, 1.165) is 0 Å². The van der Waals surface area contributed by atoms with Gasteiger partial charge in [-0.05, 0) is 46.3 Å². The summed E-state index contributed by atoms with van der Waals surface area (Å²) in [5, 5.41) is 9.43. The van der Waals surface area contributed by atoms with Crippen molar-refractivity contribution in [3.05, 3.63) is 74.5 Å². The smallest absolute Gasteiger partial charge is 0.217 e. The number of nitriles is 1. The topological polar surface area (TPSA) is 67.2 Å². The fourth-order valence-corrected chi connectivity index (χ4v) is 4.64. The number of hydrogen-bond acceptors (Lipinski definition) is 4. The van der Waals surface area contributed by atoms with Crippen molar-refractivity contribution in [1.82, 2.24) is 0 Å². The van der Waals surface area contributed by atoms with Gasteiger partial charge in [0.15, 0.2) is 0 Å². The van der Waals surface area contributed by atoms with E-state index in [0.29, 0.717) is 20.3 Å². The lowest BCUT2D eigenvalue weighted by atomic mass is 10.2. The molecule has 0 N–H and O–H groups in total. The minimum Gasteiger partial charge on any atom is -0.489 e. The Morgan fingerprint density at radius 1 is 1.24 bits per heavy atom. The predicted octanol–water partition coefficient (Wildman–Crippen LogP) is 5.11. The van der Waals surface area contributed by atoms with Crippen LogP contribution in [0.3, 0.4) is 0 Å². The lowest BCUT2D eigenvalue weighted by Crippen LogP contribution is -2.05. The van der Waals surface area contributed by atoms with Crippen LogP contribution in [0.25, 0.3) is 6.08 Å². The summed E-state index contributed by atoms with van der Waals surface area (Å²) in [6.07, 6.45) is 2.89. The third kappa shape index (κ3) is 4.60. The van der Waals surface area contributed by atoms with E-state index in [1.54, 1.807) is 48.5 Å². The van der Waals surface area contributed by atoms with Crippen LogP contribution in [0.15, 0.2) is 73.9 Å². The van der Waals surface area contributed by atoms with E-state index in [1.165, 1.54) is 12.1 Å². The third-order valence-corrected chi connectivity index (χ3v) is 6.30. The zero-order valence-corrected chi connectivity index (χ0v) is 16.9. The average molecular weight is 483 g/mol. The van der Waals surface area contributed by atoms with Crippen molar-refractivity contribution in [2.45, 2.75) is 4.90 Å². The van der Waals surface area contributed by atoms with Crippen molar-refractivity contribution >= 4 is 47.8 Å². The highest BCUT2D eigenvalue weighted by Gasteiger charge is 2.24. The van der Waals surface area contributed by atoms with E-state index < -0.39 is 9.84 Å². The summed E-state index contributed by atoms with van der Waals surface area (Å²) in [5.41, 5.74) is 0.496. The van der Waals surface area contributed by atoms with Gasteiger partial charge in [-0.2, -0.15) is 5.26 Å². The molecule has 0 spiro atoms. The van der Waals surface area contributed by atoms with E-state index in [-0.39, 0.29) is 16.4 Å². The number of benzene rings is 2. The van der Waals surface area contributed by atoms with Crippen molar-refractivity contribution in [3.8, 4) is 11.8 Å². The van der Waals surface area contributed by atoms with E-state index in [9.17, 15) is 13.7 Å². The molecule has 7 heteroatoms. The first-order valence-electron chi connectivity index (χ1n) is 7.05. The van der Waals surface area contributed by atoms with Crippen LogP contribution in [0.5, 0.6) is 5.75 Å². The van der Waals surface area contributed by atoms with Gasteiger partial charge in [-0.1, -0.05) is 46.8 Å². The molecule has 0 heterocycles. The summed E-state index contributed by atoms with van der Waals surface area (Å²) in [5.74, 6) is 0.471.